The Hall–Kier alpha value is 0.0900. The van der Waals surface area contributed by atoms with Crippen molar-refractivity contribution in [3.63, 3.8) is 0 Å². The quantitative estimate of drug-likeness (QED) is 0.134. The Balaban J connectivity index is 3.16. The zero-order valence-electron chi connectivity index (χ0n) is 6.99. The van der Waals surface area contributed by atoms with Crippen molar-refractivity contribution >= 4 is 15.4 Å². The summed E-state index contributed by atoms with van der Waals surface area (Å²) in [5.74, 6) is -0.578. The molecule has 13 heavy (non-hydrogen) atoms. The molecule has 0 rings (SSSR count). The molecule has 0 bridgehead atoms. The van der Waals surface area contributed by atoms with Crippen LogP contribution < -0.4 is 27.4 Å². The van der Waals surface area contributed by atoms with Crippen molar-refractivity contribution in [2.45, 2.75) is 0 Å². The van der Waals surface area contributed by atoms with Gasteiger partial charge in [0.05, 0.1) is 0 Å². The number of carbonyl (C=O) groups is 1. The minimum absolute atomic E-state index is 0.0858. The number of halogens is 1. The topological polar surface area (TPSA) is 70.8 Å². The maximum atomic E-state index is 10.7. The number of nitrogens with two attached hydrogens (primary N) is 1. The Kier molecular flexibility index (Phi) is 8.74. The molecule has 0 saturated heterocycles. The molecule has 78 valence electrons. The van der Waals surface area contributed by atoms with Crippen molar-refractivity contribution in [1.29, 1.82) is 0 Å². The van der Waals surface area contributed by atoms with Crippen LogP contribution in [-0.4, -0.2) is 23.8 Å². The van der Waals surface area contributed by atoms with Crippen LogP contribution in [0.4, 0.5) is 0 Å². The van der Waals surface area contributed by atoms with Crippen LogP contribution in [0.25, 0.3) is 0 Å². The average Bonchev–Trinajstić information content (AvgIpc) is 2.10. The number of rotatable bonds is 7. The number of carbonyl (C=O) groups excluding carboxylic acids is 1. The Bertz CT molecular complexity index is 178. The van der Waals surface area contributed by atoms with Gasteiger partial charge in [0.2, 0.25) is 0 Å². The fraction of sp³-hybridized carbons (Fsp3) is 0.500. The number of ether oxygens (including phenoxy) is 1. The number of esters is 1. The van der Waals surface area contributed by atoms with E-state index in [9.17, 15) is 4.79 Å². The maximum absolute atomic E-state index is 10.7. The third-order valence-electron chi connectivity index (χ3n) is 0.848. The van der Waals surface area contributed by atoms with Gasteiger partial charge in [0.15, 0.2) is 0 Å². The molecule has 7 heteroatoms. The van der Waals surface area contributed by atoms with Crippen LogP contribution in [0, 0.1) is 0 Å². The summed E-state index contributed by atoms with van der Waals surface area (Å²) in [4.78, 5) is 10.7. The molecular formula is C6H12INO4P-. The van der Waals surface area contributed by atoms with Crippen LogP contribution in [0.3, 0.4) is 0 Å². The van der Waals surface area contributed by atoms with Crippen LogP contribution in [0.1, 0.15) is 0 Å². The molecule has 0 aliphatic carbocycles. The molecule has 0 aromatic heterocycles. The fourth-order valence-electron chi connectivity index (χ4n) is 0.330. The molecule has 5 nitrogen and oxygen atoms in total. The first-order valence-electron chi connectivity index (χ1n) is 3.32. The van der Waals surface area contributed by atoms with Crippen molar-refractivity contribution < 1.29 is 38.7 Å². The van der Waals surface area contributed by atoms with Gasteiger partial charge in [-0.3, -0.25) is 0 Å². The molecule has 0 heterocycles. The first kappa shape index (κ1) is 13.1. The predicted molar refractivity (Wildman–Crippen MR) is 45.9 cm³/mol. The summed E-state index contributed by atoms with van der Waals surface area (Å²) in [6, 6.07) is 0. The monoisotopic (exact) mass is 320 g/mol. The average molecular weight is 320 g/mol. The standard InChI is InChI=1S/C6H12INO4P/c1-5(8)6(9)10-4-7-11-2-3-12-13/h1-4,8,13H2/q-1. The molecule has 2 N–H and O–H groups in total. The van der Waals surface area contributed by atoms with Gasteiger partial charge in [0, 0.05) is 0 Å². The summed E-state index contributed by atoms with van der Waals surface area (Å²) < 4.78 is 14.8. The molecule has 1 unspecified atom stereocenters. The molecule has 0 amide bonds. The summed E-state index contributed by atoms with van der Waals surface area (Å²) in [7, 11) is 2.12. The van der Waals surface area contributed by atoms with Crippen LogP contribution in [-0.2, 0) is 17.1 Å². The van der Waals surface area contributed by atoms with Crippen molar-refractivity contribution in [3.8, 4) is 0 Å². The van der Waals surface area contributed by atoms with E-state index in [1.807, 2.05) is 0 Å². The van der Waals surface area contributed by atoms with Gasteiger partial charge in [0.1, 0.15) is 0 Å². The molecule has 0 spiro atoms. The van der Waals surface area contributed by atoms with E-state index in [-0.39, 0.29) is 10.3 Å². The van der Waals surface area contributed by atoms with Crippen molar-refractivity contribution in [1.82, 2.24) is 0 Å². The first-order valence-corrected chi connectivity index (χ1v) is 6.20. The second-order valence-electron chi connectivity index (χ2n) is 1.86. The zero-order chi connectivity index (χ0) is 10.1. The number of hydrogen-bond donors (Lipinski definition) is 1. The second-order valence-corrected chi connectivity index (χ2v) is 4.06. The van der Waals surface area contributed by atoms with E-state index in [0.717, 1.165) is 0 Å². The second kappa shape index (κ2) is 8.68. The summed E-state index contributed by atoms with van der Waals surface area (Å²) in [5.41, 5.74) is 4.99. The molecule has 0 aromatic rings. The van der Waals surface area contributed by atoms with E-state index in [1.54, 1.807) is 0 Å². The van der Waals surface area contributed by atoms with E-state index >= 15 is 0 Å². The van der Waals surface area contributed by atoms with Gasteiger partial charge in [-0.05, 0) is 0 Å². The fourth-order valence-corrected chi connectivity index (χ4v) is 1.51. The molecule has 0 aliphatic rings. The Labute approximate surface area is 90.1 Å². The van der Waals surface area contributed by atoms with E-state index in [0.29, 0.717) is 13.2 Å². The number of hydrogen-bond acceptors (Lipinski definition) is 5. The van der Waals surface area contributed by atoms with Crippen LogP contribution in [0.2, 0.25) is 0 Å². The van der Waals surface area contributed by atoms with Crippen molar-refractivity contribution in [3.05, 3.63) is 12.3 Å². The SMILES string of the molecule is C=C(N)C(=O)OC[I-]OCCOP. The van der Waals surface area contributed by atoms with Crippen LogP contribution >= 0.6 is 9.47 Å². The van der Waals surface area contributed by atoms with Gasteiger partial charge in [-0.25, -0.2) is 0 Å². The summed E-state index contributed by atoms with van der Waals surface area (Å²) in [5, 5.41) is 0. The van der Waals surface area contributed by atoms with Crippen molar-refractivity contribution in [2.24, 2.45) is 5.73 Å². The van der Waals surface area contributed by atoms with Crippen LogP contribution in [0.5, 0.6) is 0 Å². The van der Waals surface area contributed by atoms with Gasteiger partial charge in [0.25, 0.3) is 0 Å². The Morgan fingerprint density at radius 3 is 2.77 bits per heavy atom. The van der Waals surface area contributed by atoms with Crippen LogP contribution in [0.15, 0.2) is 12.3 Å². The summed E-state index contributed by atoms with van der Waals surface area (Å²) in [6.45, 7) is 4.26. The van der Waals surface area contributed by atoms with Gasteiger partial charge >= 0.3 is 90.0 Å². The molecule has 0 fully saturated rings. The summed E-state index contributed by atoms with van der Waals surface area (Å²) in [6.07, 6.45) is 0. The van der Waals surface area contributed by atoms with E-state index in [4.69, 9.17) is 13.5 Å². The third-order valence-corrected chi connectivity index (χ3v) is 2.53. The van der Waals surface area contributed by atoms with Gasteiger partial charge in [-0.15, -0.1) is 0 Å². The van der Waals surface area contributed by atoms with E-state index in [2.05, 4.69) is 20.6 Å². The predicted octanol–water partition coefficient (Wildman–Crippen LogP) is -3.21. The molecule has 0 radical (unpaired) electrons. The molecule has 0 saturated carbocycles. The minimum atomic E-state index is -0.578. The first-order chi connectivity index (χ1) is 6.18. The Morgan fingerprint density at radius 1 is 1.54 bits per heavy atom. The van der Waals surface area contributed by atoms with Gasteiger partial charge in [-0.1, -0.05) is 0 Å². The number of alkyl halides is 1. The molecule has 0 aliphatic heterocycles. The molecular weight excluding hydrogens is 308 g/mol. The van der Waals surface area contributed by atoms with E-state index in [1.165, 1.54) is 0 Å². The van der Waals surface area contributed by atoms with Crippen molar-refractivity contribution in [2.75, 3.05) is 17.8 Å². The third kappa shape index (κ3) is 8.42. The van der Waals surface area contributed by atoms with Gasteiger partial charge < -0.3 is 0 Å². The van der Waals surface area contributed by atoms with E-state index < -0.39 is 27.6 Å². The molecule has 0 aromatic carbocycles. The normalized spacial score (nSPS) is 9.92. The summed E-state index contributed by atoms with van der Waals surface area (Å²) >= 11 is -0.576. The molecule has 1 atom stereocenters. The Morgan fingerprint density at radius 2 is 2.23 bits per heavy atom. The zero-order valence-corrected chi connectivity index (χ0v) is 10.3. The van der Waals surface area contributed by atoms with Gasteiger partial charge in [-0.2, -0.15) is 0 Å².